The Balaban J connectivity index is 3.23. The summed E-state index contributed by atoms with van der Waals surface area (Å²) >= 11 is 0. The lowest BCUT2D eigenvalue weighted by atomic mass is 9.92. The molecular weight excluding hydrogens is 194 g/mol. The molecular formula is C15H23N. The lowest BCUT2D eigenvalue weighted by Crippen LogP contribution is -2.03. The van der Waals surface area contributed by atoms with Crippen LogP contribution in [-0.4, -0.2) is 0 Å². The first kappa shape index (κ1) is 12.8. The number of allylic oxidation sites excluding steroid dienone is 1. The van der Waals surface area contributed by atoms with Crippen molar-refractivity contribution in [1.29, 1.82) is 0 Å². The Morgan fingerprint density at radius 2 is 1.81 bits per heavy atom. The maximum absolute atomic E-state index is 6.25. The minimum atomic E-state index is 0.990. The van der Waals surface area contributed by atoms with Crippen LogP contribution < -0.4 is 5.73 Å². The molecule has 0 heterocycles. The van der Waals surface area contributed by atoms with Crippen LogP contribution in [0.15, 0.2) is 18.7 Å². The normalized spacial score (nSPS) is 10.4. The van der Waals surface area contributed by atoms with Gasteiger partial charge in [0.15, 0.2) is 0 Å². The zero-order valence-electron chi connectivity index (χ0n) is 10.8. The SMILES string of the molecule is C=C(C)c1ccc(CCC)c(N)c1CCC. The molecule has 0 spiro atoms. The van der Waals surface area contributed by atoms with E-state index in [1.54, 1.807) is 0 Å². The fourth-order valence-electron chi connectivity index (χ4n) is 2.12. The molecule has 0 fully saturated rings. The predicted molar refractivity (Wildman–Crippen MR) is 73.6 cm³/mol. The van der Waals surface area contributed by atoms with Crippen molar-refractivity contribution in [2.45, 2.75) is 46.5 Å². The highest BCUT2D eigenvalue weighted by Gasteiger charge is 2.10. The molecule has 0 aromatic heterocycles. The van der Waals surface area contributed by atoms with Crippen LogP contribution >= 0.6 is 0 Å². The van der Waals surface area contributed by atoms with Crippen molar-refractivity contribution >= 4 is 11.3 Å². The average Bonchev–Trinajstić information content (AvgIpc) is 2.24. The van der Waals surface area contributed by atoms with Crippen molar-refractivity contribution in [2.75, 3.05) is 5.73 Å². The summed E-state index contributed by atoms with van der Waals surface area (Å²) in [6.45, 7) is 10.5. The Labute approximate surface area is 99.4 Å². The summed E-state index contributed by atoms with van der Waals surface area (Å²) in [4.78, 5) is 0. The van der Waals surface area contributed by atoms with Crippen molar-refractivity contribution in [3.63, 3.8) is 0 Å². The van der Waals surface area contributed by atoms with Gasteiger partial charge in [0.2, 0.25) is 0 Å². The molecule has 0 aliphatic carbocycles. The number of nitrogens with two attached hydrogens (primary N) is 1. The van der Waals surface area contributed by atoms with Crippen LogP contribution in [0.2, 0.25) is 0 Å². The molecule has 1 heteroatoms. The van der Waals surface area contributed by atoms with Crippen molar-refractivity contribution in [2.24, 2.45) is 0 Å². The van der Waals surface area contributed by atoms with Gasteiger partial charge in [-0.05, 0) is 36.5 Å². The molecule has 0 unspecified atom stereocenters. The number of hydrogen-bond donors (Lipinski definition) is 1. The topological polar surface area (TPSA) is 26.0 Å². The van der Waals surface area contributed by atoms with E-state index in [2.05, 4.69) is 32.6 Å². The van der Waals surface area contributed by atoms with E-state index in [-0.39, 0.29) is 0 Å². The van der Waals surface area contributed by atoms with Crippen LogP contribution in [0.25, 0.3) is 5.57 Å². The van der Waals surface area contributed by atoms with Gasteiger partial charge in [-0.3, -0.25) is 0 Å². The number of rotatable bonds is 5. The van der Waals surface area contributed by atoms with E-state index in [1.165, 1.54) is 16.7 Å². The smallest absolute Gasteiger partial charge is 0.0385 e. The minimum Gasteiger partial charge on any atom is -0.398 e. The third kappa shape index (κ3) is 2.66. The largest absolute Gasteiger partial charge is 0.398 e. The zero-order chi connectivity index (χ0) is 12.1. The summed E-state index contributed by atoms with van der Waals surface area (Å²) in [7, 11) is 0. The molecule has 0 aliphatic rings. The molecule has 2 N–H and O–H groups in total. The van der Waals surface area contributed by atoms with Crippen molar-refractivity contribution < 1.29 is 0 Å². The van der Waals surface area contributed by atoms with Gasteiger partial charge in [0.25, 0.3) is 0 Å². The monoisotopic (exact) mass is 217 g/mol. The van der Waals surface area contributed by atoms with E-state index in [0.717, 1.165) is 36.9 Å². The second kappa shape index (κ2) is 5.74. The molecule has 1 aromatic carbocycles. The Kier molecular flexibility index (Phi) is 4.60. The number of nitrogen functional groups attached to an aromatic ring is 1. The van der Waals surface area contributed by atoms with Crippen molar-refractivity contribution in [3.05, 3.63) is 35.4 Å². The summed E-state index contributed by atoms with van der Waals surface area (Å²) in [5, 5.41) is 0. The van der Waals surface area contributed by atoms with Gasteiger partial charge in [0.1, 0.15) is 0 Å². The van der Waals surface area contributed by atoms with Gasteiger partial charge in [-0.15, -0.1) is 0 Å². The zero-order valence-corrected chi connectivity index (χ0v) is 10.8. The van der Waals surface area contributed by atoms with E-state index in [9.17, 15) is 0 Å². The first-order valence-electron chi connectivity index (χ1n) is 6.17. The average molecular weight is 217 g/mol. The fourth-order valence-corrected chi connectivity index (χ4v) is 2.12. The number of anilines is 1. The molecule has 16 heavy (non-hydrogen) atoms. The maximum Gasteiger partial charge on any atom is 0.0385 e. The van der Waals surface area contributed by atoms with Gasteiger partial charge in [0.05, 0.1) is 0 Å². The third-order valence-corrected chi connectivity index (χ3v) is 2.93. The lowest BCUT2D eigenvalue weighted by Gasteiger charge is -2.15. The summed E-state index contributed by atoms with van der Waals surface area (Å²) in [5.41, 5.74) is 12.2. The van der Waals surface area contributed by atoms with Crippen molar-refractivity contribution in [3.8, 4) is 0 Å². The van der Waals surface area contributed by atoms with E-state index >= 15 is 0 Å². The molecule has 1 aromatic rings. The van der Waals surface area contributed by atoms with Gasteiger partial charge in [0, 0.05) is 5.69 Å². The maximum atomic E-state index is 6.25. The van der Waals surface area contributed by atoms with Gasteiger partial charge in [-0.25, -0.2) is 0 Å². The van der Waals surface area contributed by atoms with Crippen LogP contribution in [0.1, 0.15) is 50.3 Å². The van der Waals surface area contributed by atoms with Gasteiger partial charge in [-0.1, -0.05) is 51.0 Å². The summed E-state index contributed by atoms with van der Waals surface area (Å²) in [5.74, 6) is 0. The first-order chi connectivity index (χ1) is 7.61. The summed E-state index contributed by atoms with van der Waals surface area (Å²) < 4.78 is 0. The highest BCUT2D eigenvalue weighted by atomic mass is 14.6. The summed E-state index contributed by atoms with van der Waals surface area (Å²) in [6.07, 6.45) is 4.38. The van der Waals surface area contributed by atoms with E-state index in [4.69, 9.17) is 5.73 Å². The van der Waals surface area contributed by atoms with Crippen LogP contribution in [0.3, 0.4) is 0 Å². The van der Waals surface area contributed by atoms with E-state index in [1.807, 2.05) is 6.92 Å². The van der Waals surface area contributed by atoms with E-state index in [0.29, 0.717) is 0 Å². The molecule has 0 saturated heterocycles. The lowest BCUT2D eigenvalue weighted by molar-refractivity contribution is 0.897. The number of benzene rings is 1. The number of aryl methyl sites for hydroxylation is 1. The van der Waals surface area contributed by atoms with E-state index < -0.39 is 0 Å². The van der Waals surface area contributed by atoms with Gasteiger partial charge in [-0.2, -0.15) is 0 Å². The molecule has 1 rings (SSSR count). The second-order valence-electron chi connectivity index (χ2n) is 4.44. The fraction of sp³-hybridized carbons (Fsp3) is 0.467. The van der Waals surface area contributed by atoms with Crippen LogP contribution in [0, 0.1) is 0 Å². The Bertz CT molecular complexity index is 377. The molecule has 0 bridgehead atoms. The third-order valence-electron chi connectivity index (χ3n) is 2.93. The predicted octanol–water partition coefficient (Wildman–Crippen LogP) is 4.21. The van der Waals surface area contributed by atoms with Crippen molar-refractivity contribution in [1.82, 2.24) is 0 Å². The highest BCUT2D eigenvalue weighted by molar-refractivity contribution is 5.72. The Hall–Kier alpha value is -1.24. The number of hydrogen-bond acceptors (Lipinski definition) is 1. The quantitative estimate of drug-likeness (QED) is 0.735. The molecule has 0 aliphatic heterocycles. The van der Waals surface area contributed by atoms with Gasteiger partial charge < -0.3 is 5.73 Å². The highest BCUT2D eigenvalue weighted by Crippen LogP contribution is 2.28. The Morgan fingerprint density at radius 3 is 2.31 bits per heavy atom. The molecule has 0 atom stereocenters. The summed E-state index contributed by atoms with van der Waals surface area (Å²) in [6, 6.07) is 4.33. The van der Waals surface area contributed by atoms with Crippen LogP contribution in [0.5, 0.6) is 0 Å². The van der Waals surface area contributed by atoms with Gasteiger partial charge >= 0.3 is 0 Å². The van der Waals surface area contributed by atoms with Crippen LogP contribution in [0.4, 0.5) is 5.69 Å². The molecule has 1 nitrogen and oxygen atoms in total. The molecule has 0 radical (unpaired) electrons. The minimum absolute atomic E-state index is 0.990. The van der Waals surface area contributed by atoms with Crippen LogP contribution in [-0.2, 0) is 12.8 Å². The first-order valence-corrected chi connectivity index (χ1v) is 6.17. The molecule has 0 saturated carbocycles. The second-order valence-corrected chi connectivity index (χ2v) is 4.44. The molecule has 88 valence electrons. The standard InChI is InChI=1S/C15H23N/c1-5-7-12-9-10-13(11(3)4)14(8-6-2)15(12)16/h9-10H,3,5-8,16H2,1-2,4H3. The molecule has 0 amide bonds. The Morgan fingerprint density at radius 1 is 1.19 bits per heavy atom.